The van der Waals surface area contributed by atoms with E-state index in [1.54, 1.807) is 0 Å². The van der Waals surface area contributed by atoms with E-state index < -0.39 is 0 Å². The lowest BCUT2D eigenvalue weighted by Gasteiger charge is -2.16. The van der Waals surface area contributed by atoms with Crippen molar-refractivity contribution in [2.24, 2.45) is 0 Å². The Hall–Kier alpha value is -1.60. The molecule has 0 aromatic heterocycles. The largest absolute Gasteiger partial charge is 0.313 e. The molecule has 0 heterocycles. The standard InChI is InChI=1S/C19H25N/c1-15-12-13-17(14-16(15)2)8-7-11-19(20-3)18-9-5-4-6-10-18/h4-6,9-10,12-14,19-20H,7-8,11H2,1-3H3. The summed E-state index contributed by atoms with van der Waals surface area (Å²) in [6.07, 6.45) is 3.54. The van der Waals surface area contributed by atoms with Crippen LogP contribution in [0.1, 0.15) is 41.1 Å². The summed E-state index contributed by atoms with van der Waals surface area (Å²) < 4.78 is 0. The molecule has 20 heavy (non-hydrogen) atoms. The zero-order valence-corrected chi connectivity index (χ0v) is 12.8. The van der Waals surface area contributed by atoms with Crippen LogP contribution in [0.2, 0.25) is 0 Å². The SMILES string of the molecule is CNC(CCCc1ccc(C)c(C)c1)c1ccccc1. The summed E-state index contributed by atoms with van der Waals surface area (Å²) in [5.41, 5.74) is 5.62. The van der Waals surface area contributed by atoms with E-state index in [0.29, 0.717) is 6.04 Å². The highest BCUT2D eigenvalue weighted by Crippen LogP contribution is 2.20. The third kappa shape index (κ3) is 3.94. The van der Waals surface area contributed by atoms with E-state index in [2.05, 4.69) is 67.7 Å². The molecule has 0 spiro atoms. The van der Waals surface area contributed by atoms with Gasteiger partial charge in [0.15, 0.2) is 0 Å². The van der Waals surface area contributed by atoms with Gasteiger partial charge in [0, 0.05) is 6.04 Å². The molecule has 1 atom stereocenters. The van der Waals surface area contributed by atoms with E-state index in [4.69, 9.17) is 0 Å². The Balaban J connectivity index is 1.89. The zero-order valence-electron chi connectivity index (χ0n) is 12.8. The minimum absolute atomic E-state index is 0.461. The number of aryl methyl sites for hydroxylation is 3. The molecule has 106 valence electrons. The summed E-state index contributed by atoms with van der Waals surface area (Å²) in [6, 6.07) is 18.0. The number of hydrogen-bond acceptors (Lipinski definition) is 1. The predicted molar refractivity (Wildman–Crippen MR) is 87.1 cm³/mol. The van der Waals surface area contributed by atoms with Crippen molar-refractivity contribution in [1.82, 2.24) is 5.32 Å². The van der Waals surface area contributed by atoms with Gasteiger partial charge in [0.1, 0.15) is 0 Å². The van der Waals surface area contributed by atoms with Crippen molar-refractivity contribution in [2.45, 2.75) is 39.2 Å². The highest BCUT2D eigenvalue weighted by atomic mass is 14.9. The zero-order chi connectivity index (χ0) is 14.4. The second-order valence-electron chi connectivity index (χ2n) is 5.56. The highest BCUT2D eigenvalue weighted by molar-refractivity contribution is 5.30. The quantitative estimate of drug-likeness (QED) is 0.807. The first kappa shape index (κ1) is 14.8. The molecule has 1 heteroatoms. The van der Waals surface area contributed by atoms with E-state index in [9.17, 15) is 0 Å². The van der Waals surface area contributed by atoms with E-state index in [1.807, 2.05) is 7.05 Å². The lowest BCUT2D eigenvalue weighted by Crippen LogP contribution is -2.16. The van der Waals surface area contributed by atoms with Crippen molar-refractivity contribution in [3.63, 3.8) is 0 Å². The third-order valence-electron chi connectivity index (χ3n) is 4.08. The molecule has 1 unspecified atom stereocenters. The molecule has 0 radical (unpaired) electrons. The lowest BCUT2D eigenvalue weighted by molar-refractivity contribution is 0.527. The minimum atomic E-state index is 0.461. The van der Waals surface area contributed by atoms with E-state index in [1.165, 1.54) is 35.1 Å². The first-order valence-corrected chi connectivity index (χ1v) is 7.49. The van der Waals surface area contributed by atoms with Crippen LogP contribution in [0.5, 0.6) is 0 Å². The molecule has 0 saturated carbocycles. The van der Waals surface area contributed by atoms with Crippen LogP contribution in [-0.2, 0) is 6.42 Å². The summed E-state index contributed by atoms with van der Waals surface area (Å²) in [5, 5.41) is 3.43. The molecule has 0 aliphatic carbocycles. The molecule has 0 bridgehead atoms. The Labute approximate surface area is 123 Å². The monoisotopic (exact) mass is 267 g/mol. The summed E-state index contributed by atoms with van der Waals surface area (Å²) >= 11 is 0. The first-order valence-electron chi connectivity index (χ1n) is 7.49. The van der Waals surface area contributed by atoms with Gasteiger partial charge < -0.3 is 5.32 Å². The van der Waals surface area contributed by atoms with Crippen LogP contribution in [0.15, 0.2) is 48.5 Å². The van der Waals surface area contributed by atoms with Crippen LogP contribution in [0.3, 0.4) is 0 Å². The maximum Gasteiger partial charge on any atom is 0.0317 e. The van der Waals surface area contributed by atoms with Gasteiger partial charge in [-0.25, -0.2) is 0 Å². The van der Waals surface area contributed by atoms with E-state index in [0.717, 1.165) is 6.42 Å². The van der Waals surface area contributed by atoms with Gasteiger partial charge in [0.25, 0.3) is 0 Å². The molecule has 2 aromatic rings. The summed E-state index contributed by atoms with van der Waals surface area (Å²) in [4.78, 5) is 0. The molecule has 0 saturated heterocycles. The minimum Gasteiger partial charge on any atom is -0.313 e. The molecular weight excluding hydrogens is 242 g/mol. The maximum absolute atomic E-state index is 3.43. The maximum atomic E-state index is 3.43. The van der Waals surface area contributed by atoms with Crippen LogP contribution in [0.25, 0.3) is 0 Å². The number of benzene rings is 2. The van der Waals surface area contributed by atoms with Gasteiger partial charge in [-0.3, -0.25) is 0 Å². The van der Waals surface area contributed by atoms with Gasteiger partial charge in [-0.05, 0) is 62.4 Å². The van der Waals surface area contributed by atoms with Crippen LogP contribution in [-0.4, -0.2) is 7.05 Å². The van der Waals surface area contributed by atoms with Crippen molar-refractivity contribution >= 4 is 0 Å². The molecule has 2 rings (SSSR count). The van der Waals surface area contributed by atoms with Gasteiger partial charge in [-0.15, -0.1) is 0 Å². The van der Waals surface area contributed by atoms with E-state index >= 15 is 0 Å². The molecule has 1 N–H and O–H groups in total. The number of rotatable bonds is 6. The number of hydrogen-bond donors (Lipinski definition) is 1. The summed E-state index contributed by atoms with van der Waals surface area (Å²) in [6.45, 7) is 4.37. The van der Waals surface area contributed by atoms with Gasteiger partial charge in [-0.1, -0.05) is 48.5 Å². The van der Waals surface area contributed by atoms with Crippen LogP contribution < -0.4 is 5.32 Å². The van der Waals surface area contributed by atoms with Gasteiger partial charge in [0.2, 0.25) is 0 Å². The molecule has 2 aromatic carbocycles. The molecule has 0 amide bonds. The fourth-order valence-electron chi connectivity index (χ4n) is 2.63. The van der Waals surface area contributed by atoms with Crippen LogP contribution in [0, 0.1) is 13.8 Å². The molecule has 1 nitrogen and oxygen atoms in total. The lowest BCUT2D eigenvalue weighted by atomic mass is 9.98. The highest BCUT2D eigenvalue weighted by Gasteiger charge is 2.08. The Morgan fingerprint density at radius 1 is 0.950 bits per heavy atom. The molecule has 0 fully saturated rings. The summed E-state index contributed by atoms with van der Waals surface area (Å²) in [7, 11) is 2.05. The average Bonchev–Trinajstić information content (AvgIpc) is 2.48. The van der Waals surface area contributed by atoms with Crippen LogP contribution in [0.4, 0.5) is 0 Å². The summed E-state index contributed by atoms with van der Waals surface area (Å²) in [5.74, 6) is 0. The van der Waals surface area contributed by atoms with Gasteiger partial charge >= 0.3 is 0 Å². The van der Waals surface area contributed by atoms with Crippen molar-refractivity contribution in [2.75, 3.05) is 7.05 Å². The fourth-order valence-corrected chi connectivity index (χ4v) is 2.63. The second-order valence-corrected chi connectivity index (χ2v) is 5.56. The van der Waals surface area contributed by atoms with Crippen molar-refractivity contribution in [1.29, 1.82) is 0 Å². The fraction of sp³-hybridized carbons (Fsp3) is 0.368. The average molecular weight is 267 g/mol. The van der Waals surface area contributed by atoms with Gasteiger partial charge in [0.05, 0.1) is 0 Å². The number of nitrogens with one attached hydrogen (secondary N) is 1. The first-order chi connectivity index (χ1) is 9.70. The van der Waals surface area contributed by atoms with Gasteiger partial charge in [-0.2, -0.15) is 0 Å². The Kier molecular flexibility index (Phi) is 5.37. The van der Waals surface area contributed by atoms with E-state index in [-0.39, 0.29) is 0 Å². The van der Waals surface area contributed by atoms with Crippen molar-refractivity contribution in [3.8, 4) is 0 Å². The van der Waals surface area contributed by atoms with Crippen LogP contribution >= 0.6 is 0 Å². The Morgan fingerprint density at radius 2 is 1.70 bits per heavy atom. The molecule has 0 aliphatic rings. The Morgan fingerprint density at radius 3 is 2.35 bits per heavy atom. The predicted octanol–water partition coefficient (Wildman–Crippen LogP) is 4.59. The smallest absolute Gasteiger partial charge is 0.0317 e. The third-order valence-corrected chi connectivity index (χ3v) is 4.08. The van der Waals surface area contributed by atoms with Crippen molar-refractivity contribution in [3.05, 3.63) is 70.8 Å². The Bertz CT molecular complexity index is 531. The normalized spacial score (nSPS) is 12.3. The molecular formula is C19H25N. The van der Waals surface area contributed by atoms with Crippen molar-refractivity contribution < 1.29 is 0 Å². The second kappa shape index (κ2) is 7.25. The molecule has 0 aliphatic heterocycles. The topological polar surface area (TPSA) is 12.0 Å².